The van der Waals surface area contributed by atoms with Gasteiger partial charge >= 0.3 is 39.5 Å². The molecule has 19 heteroatoms. The zero-order valence-corrected chi connectivity index (χ0v) is 64.0. The van der Waals surface area contributed by atoms with Crippen LogP contribution in [0.5, 0.6) is 0 Å². The second-order valence-corrected chi connectivity index (χ2v) is 29.2. The maximum atomic E-state index is 13.1. The average Bonchev–Trinajstić information content (AvgIpc) is 0.969. The van der Waals surface area contributed by atoms with Gasteiger partial charge in [0.1, 0.15) is 19.3 Å². The molecule has 0 aliphatic carbocycles. The Balaban J connectivity index is 5.31. The summed E-state index contributed by atoms with van der Waals surface area (Å²) in [5.41, 5.74) is 0. The van der Waals surface area contributed by atoms with Gasteiger partial charge in [-0.3, -0.25) is 37.3 Å². The van der Waals surface area contributed by atoms with E-state index in [1.54, 1.807) is 0 Å². The van der Waals surface area contributed by atoms with Crippen LogP contribution >= 0.6 is 15.6 Å². The Morgan fingerprint density at radius 3 is 0.816 bits per heavy atom. The van der Waals surface area contributed by atoms with Gasteiger partial charge in [0.15, 0.2) is 12.2 Å². The van der Waals surface area contributed by atoms with Crippen molar-refractivity contribution < 1.29 is 80.2 Å². The molecular weight excluding hydrogens is 1280 g/mol. The Kier molecular flexibility index (Phi) is 69.3. The van der Waals surface area contributed by atoms with Crippen LogP contribution in [0.2, 0.25) is 0 Å². The highest BCUT2D eigenvalue weighted by Gasteiger charge is 2.30. The van der Waals surface area contributed by atoms with Crippen LogP contribution in [0.25, 0.3) is 0 Å². The Bertz CT molecular complexity index is 2140. The van der Waals surface area contributed by atoms with Gasteiger partial charge in [-0.2, -0.15) is 0 Å². The van der Waals surface area contributed by atoms with Gasteiger partial charge in [0.05, 0.1) is 26.4 Å². The summed E-state index contributed by atoms with van der Waals surface area (Å²) in [6.45, 7) is 4.68. The first kappa shape index (κ1) is 94.5. The number of phosphoric acid groups is 2. The van der Waals surface area contributed by atoms with Gasteiger partial charge in [0.2, 0.25) is 0 Å². The number of unbranched alkanes of at least 4 members (excludes halogenated alkanes) is 36. The second kappa shape index (κ2) is 71.9. The number of aliphatic hydroxyl groups excluding tert-OH is 1. The van der Waals surface area contributed by atoms with E-state index in [0.717, 1.165) is 167 Å². The highest BCUT2D eigenvalue weighted by Crippen LogP contribution is 2.45. The molecule has 0 saturated carbocycles. The lowest BCUT2D eigenvalue weighted by Crippen LogP contribution is -2.30. The third-order valence-electron chi connectivity index (χ3n) is 16.7. The Hall–Kier alpha value is -3.50. The van der Waals surface area contributed by atoms with E-state index in [1.807, 2.05) is 0 Å². The van der Waals surface area contributed by atoms with Crippen molar-refractivity contribution in [2.45, 2.75) is 367 Å². The number of ether oxygens (including phenoxy) is 4. The van der Waals surface area contributed by atoms with Crippen LogP contribution in [0, 0.1) is 0 Å². The van der Waals surface area contributed by atoms with Crippen LogP contribution in [0.3, 0.4) is 0 Å². The molecule has 0 saturated heterocycles. The largest absolute Gasteiger partial charge is 0.472 e. The van der Waals surface area contributed by atoms with Crippen molar-refractivity contribution in [3.8, 4) is 0 Å². The molecule has 5 atom stereocenters. The summed E-state index contributed by atoms with van der Waals surface area (Å²) in [4.78, 5) is 72.9. The molecule has 0 aromatic rings. The zero-order chi connectivity index (χ0) is 71.8. The minimum absolute atomic E-state index is 0.0967. The summed E-state index contributed by atoms with van der Waals surface area (Å²) in [7, 11) is -9.94. The topological polar surface area (TPSA) is 237 Å². The molecule has 3 N–H and O–H groups in total. The highest BCUT2D eigenvalue weighted by atomic mass is 31.2. The van der Waals surface area contributed by atoms with E-state index in [1.165, 1.54) is 103 Å². The van der Waals surface area contributed by atoms with Crippen LogP contribution in [0.4, 0.5) is 0 Å². The minimum atomic E-state index is -4.97. The van der Waals surface area contributed by atoms with Gasteiger partial charge in [-0.25, -0.2) is 9.13 Å². The van der Waals surface area contributed by atoms with E-state index in [9.17, 15) is 43.2 Å². The molecule has 0 spiro atoms. The van der Waals surface area contributed by atoms with Crippen molar-refractivity contribution in [2.75, 3.05) is 39.6 Å². The van der Waals surface area contributed by atoms with Gasteiger partial charge in [0.25, 0.3) is 0 Å². The Labute approximate surface area is 596 Å². The monoisotopic (exact) mass is 1420 g/mol. The van der Waals surface area contributed by atoms with Crippen molar-refractivity contribution in [1.29, 1.82) is 0 Å². The summed E-state index contributed by atoms with van der Waals surface area (Å²) >= 11 is 0. The average molecular weight is 1430 g/mol. The van der Waals surface area contributed by atoms with Crippen LogP contribution in [-0.2, 0) is 65.4 Å². The van der Waals surface area contributed by atoms with E-state index >= 15 is 0 Å². The normalized spacial score (nSPS) is 14.3. The number of phosphoric ester groups is 2. The Morgan fingerprint density at radius 1 is 0.296 bits per heavy atom. The standard InChI is InChI=1S/C79H142O17P2/c1-5-9-13-17-21-25-29-33-35-36-38-42-44-48-52-56-60-64-77(82)90-70-75(96-79(84)66-62-58-54-50-46-40-32-28-24-20-16-12-8-4)72-94-98(87,88)92-68-73(80)67-91-97(85,86)93-71-74(95-78(83)65-61-57-53-49-45-39-31-27-23-19-15-11-7-3)69-89-76(81)63-59-55-51-47-43-41-37-34-30-26-22-18-14-10-6-2/h9-10,13-14,21-22,25-26,33-35,37,73-75,80H,5-8,11-12,15-20,23-24,27-32,36,38-72H2,1-4H3,(H,85,86)(H,87,88)/b13-9-,14-10-,25-21-,26-22-,35-33-,37-34-. The van der Waals surface area contributed by atoms with E-state index < -0.39 is 97.5 Å². The SMILES string of the molecule is CC/C=C\C/C=C\C/C=C\CCCCCCCCCC(=O)OCC(COP(=O)(O)OCC(O)COP(=O)(O)OCC(COC(=O)CCCCCCC/C=C\C/C=C\C/C=C\CC)OC(=O)CCCCCCCCCCCCCCC)OC(=O)CCCCCCCCCCCCCCC. The predicted octanol–water partition coefficient (Wildman–Crippen LogP) is 22.4. The lowest BCUT2D eigenvalue weighted by atomic mass is 10.0. The first-order chi connectivity index (χ1) is 47.7. The molecule has 98 heavy (non-hydrogen) atoms. The molecule has 0 aromatic carbocycles. The third kappa shape index (κ3) is 70.9. The van der Waals surface area contributed by atoms with Crippen molar-refractivity contribution in [3.63, 3.8) is 0 Å². The van der Waals surface area contributed by atoms with Crippen molar-refractivity contribution in [3.05, 3.63) is 72.9 Å². The van der Waals surface area contributed by atoms with Gasteiger partial charge in [0, 0.05) is 25.7 Å². The smallest absolute Gasteiger partial charge is 0.462 e. The van der Waals surface area contributed by atoms with Gasteiger partial charge in [-0.1, -0.05) is 306 Å². The molecule has 0 heterocycles. The molecule has 0 aliphatic rings. The molecule has 0 rings (SSSR count). The van der Waals surface area contributed by atoms with E-state index in [0.29, 0.717) is 25.7 Å². The highest BCUT2D eigenvalue weighted by molar-refractivity contribution is 7.47. The molecule has 0 aromatic heterocycles. The molecule has 0 fully saturated rings. The maximum Gasteiger partial charge on any atom is 0.472 e. The number of hydrogen-bond donors (Lipinski definition) is 3. The second-order valence-electron chi connectivity index (χ2n) is 26.3. The lowest BCUT2D eigenvalue weighted by Gasteiger charge is -2.21. The fraction of sp³-hybridized carbons (Fsp3) is 0.797. The Morgan fingerprint density at radius 2 is 0.531 bits per heavy atom. The van der Waals surface area contributed by atoms with Crippen LogP contribution in [0.15, 0.2) is 72.9 Å². The minimum Gasteiger partial charge on any atom is -0.462 e. The molecule has 0 aliphatic heterocycles. The van der Waals surface area contributed by atoms with Crippen LogP contribution in [-0.4, -0.2) is 96.7 Å². The number of allylic oxidation sites excluding steroid dienone is 12. The number of aliphatic hydroxyl groups is 1. The number of carbonyl (C=O) groups is 4. The fourth-order valence-corrected chi connectivity index (χ4v) is 12.4. The predicted molar refractivity (Wildman–Crippen MR) is 400 cm³/mol. The van der Waals surface area contributed by atoms with Gasteiger partial charge in [-0.15, -0.1) is 0 Å². The van der Waals surface area contributed by atoms with Crippen molar-refractivity contribution in [2.24, 2.45) is 0 Å². The van der Waals surface area contributed by atoms with E-state index in [2.05, 4.69) is 101 Å². The number of rotatable bonds is 74. The van der Waals surface area contributed by atoms with Crippen molar-refractivity contribution >= 4 is 39.5 Å². The molecule has 0 amide bonds. The molecule has 17 nitrogen and oxygen atoms in total. The first-order valence-electron chi connectivity index (χ1n) is 39.2. The van der Waals surface area contributed by atoms with E-state index in [-0.39, 0.29) is 25.7 Å². The van der Waals surface area contributed by atoms with Crippen molar-refractivity contribution in [1.82, 2.24) is 0 Å². The zero-order valence-electron chi connectivity index (χ0n) is 62.2. The summed E-state index contributed by atoms with van der Waals surface area (Å²) in [5.74, 6) is -2.17. The third-order valence-corrected chi connectivity index (χ3v) is 18.6. The van der Waals surface area contributed by atoms with Crippen LogP contribution < -0.4 is 0 Å². The lowest BCUT2D eigenvalue weighted by molar-refractivity contribution is -0.161. The number of esters is 4. The summed E-state index contributed by atoms with van der Waals surface area (Å²) in [5, 5.41) is 10.6. The summed E-state index contributed by atoms with van der Waals surface area (Å²) in [6, 6.07) is 0. The maximum absolute atomic E-state index is 13.1. The number of carbonyl (C=O) groups excluding carboxylic acids is 4. The number of hydrogen-bond acceptors (Lipinski definition) is 15. The van der Waals surface area contributed by atoms with E-state index in [4.69, 9.17) is 37.0 Å². The quantitative estimate of drug-likeness (QED) is 0.0169. The molecule has 5 unspecified atom stereocenters. The molecule has 570 valence electrons. The molecular formula is C79H142O17P2. The summed E-state index contributed by atoms with van der Waals surface area (Å²) in [6.07, 6.45) is 71.6. The van der Waals surface area contributed by atoms with Gasteiger partial charge in [-0.05, 0) is 89.9 Å². The van der Waals surface area contributed by atoms with Crippen LogP contribution in [0.1, 0.15) is 349 Å². The summed E-state index contributed by atoms with van der Waals surface area (Å²) < 4.78 is 68.5. The first-order valence-corrected chi connectivity index (χ1v) is 42.2. The molecule has 0 radical (unpaired) electrons. The fourth-order valence-electron chi connectivity index (χ4n) is 10.8. The van der Waals surface area contributed by atoms with Gasteiger partial charge < -0.3 is 33.8 Å². The molecule has 0 bridgehead atoms.